The molecule has 0 saturated carbocycles. The van der Waals surface area contributed by atoms with Crippen LogP contribution in [0.2, 0.25) is 0 Å². The molecule has 202 valence electrons. The lowest BCUT2D eigenvalue weighted by Crippen LogP contribution is -2.50. The van der Waals surface area contributed by atoms with Crippen LogP contribution in [0.4, 0.5) is 26.2 Å². The number of aliphatic imine (C=N–C) groups is 1. The molecule has 0 atom stereocenters. The number of hydrogen-bond acceptors (Lipinski definition) is 8. The molecule has 4 N–H and O–H groups in total. The van der Waals surface area contributed by atoms with Crippen molar-refractivity contribution in [1.82, 2.24) is 14.3 Å². The number of nitrogens with zero attached hydrogens (tertiary/aromatic N) is 5. The number of aromatic nitrogens is 2. The van der Waals surface area contributed by atoms with Crippen molar-refractivity contribution in [3.8, 4) is 0 Å². The Kier molecular flexibility index (Phi) is 7.53. The Hall–Kier alpha value is -4.19. The van der Waals surface area contributed by atoms with E-state index >= 15 is 0 Å². The minimum atomic E-state index is -0.643. The number of piperazine rings is 1. The lowest BCUT2D eigenvalue weighted by Gasteiger charge is -2.37. The van der Waals surface area contributed by atoms with Crippen LogP contribution < -0.4 is 16.0 Å². The number of rotatable bonds is 5. The zero-order valence-electron chi connectivity index (χ0n) is 21.9. The first kappa shape index (κ1) is 26.9. The lowest BCUT2D eigenvalue weighted by molar-refractivity contribution is 0.0240. The molecule has 1 aliphatic heterocycles. The molecule has 3 aromatic rings. The number of ether oxygens (including phenoxy) is 1. The maximum atomic E-state index is 14.5. The van der Waals surface area contributed by atoms with E-state index in [0.29, 0.717) is 37.4 Å². The van der Waals surface area contributed by atoms with Crippen LogP contribution in [0.15, 0.2) is 35.6 Å². The van der Waals surface area contributed by atoms with Gasteiger partial charge in [0.15, 0.2) is 11.5 Å². The van der Waals surface area contributed by atoms with Crippen LogP contribution in [0.25, 0.3) is 5.65 Å². The van der Waals surface area contributed by atoms with E-state index in [9.17, 15) is 19.1 Å². The fourth-order valence-electron chi connectivity index (χ4n) is 4.27. The van der Waals surface area contributed by atoms with Crippen molar-refractivity contribution in [3.63, 3.8) is 0 Å². The molecule has 0 bridgehead atoms. The van der Waals surface area contributed by atoms with Gasteiger partial charge in [0.1, 0.15) is 5.60 Å². The van der Waals surface area contributed by atoms with Gasteiger partial charge in [-0.2, -0.15) is 0 Å². The van der Waals surface area contributed by atoms with Crippen LogP contribution in [-0.4, -0.2) is 76.4 Å². The molecular formula is C26H32FN7O4. The molecule has 0 unspecified atom stereocenters. The van der Waals surface area contributed by atoms with E-state index < -0.39 is 17.3 Å². The monoisotopic (exact) mass is 525 g/mol. The van der Waals surface area contributed by atoms with E-state index in [-0.39, 0.29) is 35.3 Å². The first-order valence-corrected chi connectivity index (χ1v) is 12.2. The zero-order valence-corrected chi connectivity index (χ0v) is 21.9. The summed E-state index contributed by atoms with van der Waals surface area (Å²) in [5.74, 6) is -1.16. The average molecular weight is 526 g/mol. The van der Waals surface area contributed by atoms with E-state index in [2.05, 4.69) is 20.2 Å². The third-order valence-electron chi connectivity index (χ3n) is 6.02. The molecule has 3 heterocycles. The summed E-state index contributed by atoms with van der Waals surface area (Å²) in [5.41, 5.74) is 8.23. The molecule has 1 aliphatic rings. The number of hydrogen-bond donors (Lipinski definition) is 3. The number of carbonyl (C=O) groups excluding carboxylic acids is 2. The second-order valence-corrected chi connectivity index (χ2v) is 9.95. The molecule has 11 nitrogen and oxygen atoms in total. The Morgan fingerprint density at radius 1 is 1.24 bits per heavy atom. The molecule has 1 fully saturated rings. The standard InChI is InChI=1S/C26H32FN7O4/c1-26(2,3)38-25(37)33-9-7-32(8-10-33)21-6-5-18(22(28)19(21)12-29-4)24(36)31-16-11-20(27)23-30-17(15-35)14-34(23)13-16/h5-6,11-14,35H,7-10,15,28H2,1-4H3,(H,31,36). The molecular weight excluding hydrogens is 493 g/mol. The quantitative estimate of drug-likeness (QED) is 0.344. The SMILES string of the molecule is CN=Cc1c(N2CCN(C(=O)OC(C)(C)C)CC2)ccc(C(=O)Nc2cc(F)c3nc(CO)cn3c2)c1N. The number of aliphatic hydroxyl groups excluding tert-OH is 1. The highest BCUT2D eigenvalue weighted by Crippen LogP contribution is 2.30. The minimum Gasteiger partial charge on any atom is -0.444 e. The molecule has 0 radical (unpaired) electrons. The Balaban J connectivity index is 1.53. The summed E-state index contributed by atoms with van der Waals surface area (Å²) < 4.78 is 21.4. The number of benzene rings is 1. The van der Waals surface area contributed by atoms with Crippen molar-refractivity contribution in [2.75, 3.05) is 49.2 Å². The van der Waals surface area contributed by atoms with Crippen LogP contribution >= 0.6 is 0 Å². The van der Waals surface area contributed by atoms with Crippen LogP contribution in [0, 0.1) is 5.82 Å². The Labute approximate surface area is 219 Å². The maximum absolute atomic E-state index is 14.5. The number of nitrogens with two attached hydrogens (primary N) is 1. The number of anilines is 3. The highest BCUT2D eigenvalue weighted by molar-refractivity contribution is 6.11. The van der Waals surface area contributed by atoms with Crippen molar-refractivity contribution >= 4 is 40.9 Å². The van der Waals surface area contributed by atoms with E-state index in [1.807, 2.05) is 20.8 Å². The summed E-state index contributed by atoms with van der Waals surface area (Å²) in [7, 11) is 1.61. The predicted molar refractivity (Wildman–Crippen MR) is 143 cm³/mol. The van der Waals surface area contributed by atoms with Crippen LogP contribution in [-0.2, 0) is 11.3 Å². The van der Waals surface area contributed by atoms with Crippen molar-refractivity contribution < 1.29 is 23.8 Å². The summed E-state index contributed by atoms with van der Waals surface area (Å²) in [5, 5.41) is 11.9. The van der Waals surface area contributed by atoms with Gasteiger partial charge in [0, 0.05) is 69.2 Å². The summed E-state index contributed by atoms with van der Waals surface area (Å²) >= 11 is 0. The third-order valence-corrected chi connectivity index (χ3v) is 6.02. The number of fused-ring (bicyclic) bond motifs is 1. The lowest BCUT2D eigenvalue weighted by atomic mass is 10.0. The van der Waals surface area contributed by atoms with Gasteiger partial charge in [-0.3, -0.25) is 9.79 Å². The molecule has 1 saturated heterocycles. The van der Waals surface area contributed by atoms with Gasteiger partial charge in [-0.1, -0.05) is 0 Å². The summed E-state index contributed by atoms with van der Waals surface area (Å²) in [6.45, 7) is 7.21. The number of nitrogens with one attached hydrogen (secondary N) is 1. The summed E-state index contributed by atoms with van der Waals surface area (Å²) in [4.78, 5) is 37.4. The fraction of sp³-hybridized carbons (Fsp3) is 0.385. The number of nitrogen functional groups attached to an aromatic ring is 1. The number of aliphatic hydroxyl groups is 1. The Morgan fingerprint density at radius 2 is 1.95 bits per heavy atom. The zero-order chi connectivity index (χ0) is 27.6. The number of pyridine rings is 1. The van der Waals surface area contributed by atoms with Gasteiger partial charge < -0.3 is 35.1 Å². The van der Waals surface area contributed by atoms with Gasteiger partial charge in [-0.15, -0.1) is 0 Å². The van der Waals surface area contributed by atoms with Gasteiger partial charge in [0.2, 0.25) is 0 Å². The second-order valence-electron chi connectivity index (χ2n) is 9.95. The normalized spacial score (nSPS) is 14.4. The molecule has 38 heavy (non-hydrogen) atoms. The Bertz CT molecular complexity index is 1390. The van der Waals surface area contributed by atoms with Crippen molar-refractivity contribution in [2.24, 2.45) is 4.99 Å². The number of carbonyl (C=O) groups is 2. The number of halogens is 1. The van der Waals surface area contributed by atoms with Gasteiger partial charge in [0.05, 0.1) is 29.2 Å². The first-order chi connectivity index (χ1) is 18.0. The fourth-order valence-corrected chi connectivity index (χ4v) is 4.27. The van der Waals surface area contributed by atoms with Gasteiger partial charge >= 0.3 is 6.09 Å². The minimum absolute atomic E-state index is 0.0455. The van der Waals surface area contributed by atoms with Crippen molar-refractivity contribution in [2.45, 2.75) is 33.0 Å². The number of amides is 2. The van der Waals surface area contributed by atoms with Crippen molar-refractivity contribution in [1.29, 1.82) is 0 Å². The van der Waals surface area contributed by atoms with Gasteiger partial charge in [-0.25, -0.2) is 14.2 Å². The third kappa shape index (κ3) is 5.70. The van der Waals surface area contributed by atoms with E-state index in [1.165, 1.54) is 16.8 Å². The molecule has 0 aliphatic carbocycles. The van der Waals surface area contributed by atoms with Crippen molar-refractivity contribution in [3.05, 3.63) is 53.2 Å². The molecule has 2 aromatic heterocycles. The number of imidazole rings is 1. The average Bonchev–Trinajstić information content (AvgIpc) is 3.28. The maximum Gasteiger partial charge on any atom is 0.410 e. The second kappa shape index (κ2) is 10.7. The van der Waals surface area contributed by atoms with E-state index in [0.717, 1.165) is 11.8 Å². The first-order valence-electron chi connectivity index (χ1n) is 12.2. The molecule has 0 spiro atoms. The van der Waals surface area contributed by atoms with E-state index in [1.54, 1.807) is 30.3 Å². The molecule has 1 aromatic carbocycles. The smallest absolute Gasteiger partial charge is 0.410 e. The van der Waals surface area contributed by atoms with Crippen LogP contribution in [0.1, 0.15) is 42.4 Å². The van der Waals surface area contributed by atoms with Crippen LogP contribution in [0.5, 0.6) is 0 Å². The van der Waals surface area contributed by atoms with Gasteiger partial charge in [0.25, 0.3) is 5.91 Å². The summed E-state index contributed by atoms with van der Waals surface area (Å²) in [6.07, 6.45) is 4.23. The molecule has 4 rings (SSSR count). The summed E-state index contributed by atoms with van der Waals surface area (Å²) in [6, 6.07) is 4.56. The molecule has 2 amide bonds. The van der Waals surface area contributed by atoms with Gasteiger partial charge in [-0.05, 0) is 32.9 Å². The van der Waals surface area contributed by atoms with E-state index in [4.69, 9.17) is 10.5 Å². The Morgan fingerprint density at radius 3 is 2.58 bits per heavy atom. The largest absolute Gasteiger partial charge is 0.444 e. The molecule has 12 heteroatoms. The highest BCUT2D eigenvalue weighted by Gasteiger charge is 2.27. The van der Waals surface area contributed by atoms with Crippen LogP contribution in [0.3, 0.4) is 0 Å². The topological polar surface area (TPSA) is 138 Å². The highest BCUT2D eigenvalue weighted by atomic mass is 19.1. The predicted octanol–water partition coefficient (Wildman–Crippen LogP) is 2.91.